The van der Waals surface area contributed by atoms with Crippen LogP contribution < -0.4 is 0 Å². The highest BCUT2D eigenvalue weighted by molar-refractivity contribution is 5.89. The molecule has 0 bridgehead atoms. The van der Waals surface area contributed by atoms with E-state index in [4.69, 9.17) is 71.2 Å². The molecular formula is C80H143N3O28. The van der Waals surface area contributed by atoms with Crippen LogP contribution in [0.4, 0.5) is 0 Å². The van der Waals surface area contributed by atoms with Gasteiger partial charge in [-0.2, -0.15) is 0 Å². The predicted octanol–water partition coefficient (Wildman–Crippen LogP) is 4.31. The smallest absolute Gasteiger partial charge is 0.311 e. The lowest BCUT2D eigenvalue weighted by molar-refractivity contribution is -0.318. The van der Waals surface area contributed by atoms with Crippen molar-refractivity contribution in [3.05, 3.63) is 12.2 Å². The minimum Gasteiger partial charge on any atom is -0.459 e. The van der Waals surface area contributed by atoms with Crippen molar-refractivity contribution < 1.29 is 137 Å². The molecule has 6 aliphatic rings. The van der Waals surface area contributed by atoms with Crippen molar-refractivity contribution in [2.75, 3.05) is 68.5 Å². The van der Waals surface area contributed by atoms with E-state index in [1.54, 1.807) is 96.9 Å². The van der Waals surface area contributed by atoms with E-state index in [1.165, 1.54) is 49.0 Å². The van der Waals surface area contributed by atoms with Crippen LogP contribution in [0.25, 0.3) is 0 Å². The Hall–Kier alpha value is -3.14. The van der Waals surface area contributed by atoms with Gasteiger partial charge in [0.25, 0.3) is 0 Å². The SMILES string of the molecule is CC[C@H]1OC(=O)[C@H](C)[C@@H](OC2CC(C)(OC)C(O)C(C)O2)[C@H](C)[C@@H](OC2OC(C)CC(N(C)C/C=C/CN(C)C3CC(C)OC(O[C@@H]4[C@@H](C)[C@H](OC5CC(C)(OC)C(O)C(C)O5)[C@@H](C)C(=O)O[C@H](CC)[C@@](C)(O)[C@H](O)[C@@H](C)/C(=N/OCOCCOC)[C@H](C)C[C@]4(C)O)C3O)C2O)[C@@](C)(O)C[C@@H](C)C(=O)[C@H](C)[C@@H](O)[C@]1(C)O. The number of ketones is 1. The zero-order valence-electron chi connectivity index (χ0n) is 70.8. The van der Waals surface area contributed by atoms with Crippen LogP contribution in [0.3, 0.4) is 0 Å². The average molecular weight is 1600 g/mol. The van der Waals surface area contributed by atoms with Gasteiger partial charge in [0.1, 0.15) is 53.6 Å². The quantitative estimate of drug-likeness (QED) is 0.0212. The highest BCUT2D eigenvalue weighted by atomic mass is 16.8. The van der Waals surface area contributed by atoms with Gasteiger partial charge in [0.15, 0.2) is 25.2 Å². The molecule has 10 N–H and O–H groups in total. The maximum Gasteiger partial charge on any atom is 0.311 e. The molecule has 6 aliphatic heterocycles. The topological polar surface area (TPSA) is 411 Å². The highest BCUT2D eigenvalue weighted by Crippen LogP contribution is 2.45. The molecule has 0 spiro atoms. The standard InChI is InChI=1S/C80H143N3O28/c1-26-55-79(19,95)65(87)45(7)59(81-101-40-100-33-32-97-23)41(3)36-75(15,93)69(47(9)63(49(11)71(91)106-55)108-57-38-77(17,98-24)67(89)51(13)104-57)110-73-61(85)53(34-43(5)102-73)82(21)30-28-29-31-83(22)54-35-44(6)103-74(62(54)86)111-70-48(10)64(109-58-39-78(18,99-25)68(90)52(14)105-58)50(12)72(92)107-56(27-2)80(20,96)66(88)46(8)60(84)42(4)37-76(70,16)94/h28-29,41-58,61-70,73-74,85-90,93-96H,26-27,30-40H2,1-25H3/b29-28+,81-59+/t41-,42-,43?,44?,45+,46+,47+,48+,49-,50-,51?,52?,53?,54?,55-,56-,57?,58?,61?,62?,63+,64+,65-,66-,67?,68?,69-,70-,73?,74?,75+,76+,77?,78?,79-,80-/m1/s1. The molecule has 0 aliphatic carbocycles. The highest BCUT2D eigenvalue weighted by Gasteiger charge is 2.57. The van der Waals surface area contributed by atoms with Crippen molar-refractivity contribution in [2.24, 2.45) is 52.5 Å². The summed E-state index contributed by atoms with van der Waals surface area (Å²) in [5, 5.41) is 126. The second kappa shape index (κ2) is 40.5. The first-order valence-electron chi connectivity index (χ1n) is 40.1. The molecule has 31 heteroatoms. The van der Waals surface area contributed by atoms with E-state index in [1.807, 2.05) is 49.9 Å². The van der Waals surface area contributed by atoms with Gasteiger partial charge in [0.05, 0.1) is 114 Å². The Morgan fingerprint density at radius 1 is 0.505 bits per heavy atom. The number of oxime groups is 1. The monoisotopic (exact) mass is 1590 g/mol. The molecule has 31 nitrogen and oxygen atoms in total. The lowest BCUT2D eigenvalue weighted by Gasteiger charge is -2.49. The van der Waals surface area contributed by atoms with Gasteiger partial charge in [-0.15, -0.1) is 0 Å². The molecule has 6 saturated heterocycles. The van der Waals surface area contributed by atoms with Gasteiger partial charge in [0, 0.05) is 94.9 Å². The Kier molecular flexibility index (Phi) is 35.3. The summed E-state index contributed by atoms with van der Waals surface area (Å²) in [6.45, 7) is 33.4. The maximum atomic E-state index is 14.8. The van der Waals surface area contributed by atoms with Crippen LogP contribution in [-0.4, -0.2) is 321 Å². The summed E-state index contributed by atoms with van der Waals surface area (Å²) in [6.07, 6.45) is -19.3. The number of cyclic esters (lactones) is 2. The Labute approximate surface area is 658 Å². The fraction of sp³-hybridized carbons (Fsp3) is 0.925. The minimum absolute atomic E-state index is 0.00779. The number of ether oxygens (including phenoxy) is 14. The fourth-order valence-corrected chi connectivity index (χ4v) is 17.9. The second-order valence-electron chi connectivity index (χ2n) is 34.6. The molecule has 0 amide bonds. The van der Waals surface area contributed by atoms with Gasteiger partial charge in [-0.1, -0.05) is 72.7 Å². The number of carbonyl (C=O) groups is 3. The average Bonchev–Trinajstić information content (AvgIpc) is 0.780. The number of Topliss-reactive ketones (excluding diaryl/α,β-unsaturated/α-hetero) is 1. The van der Waals surface area contributed by atoms with Gasteiger partial charge in [-0.05, 0) is 136 Å². The number of esters is 2. The van der Waals surface area contributed by atoms with Crippen molar-refractivity contribution >= 4 is 23.4 Å². The van der Waals surface area contributed by atoms with Crippen LogP contribution in [0.5, 0.6) is 0 Å². The van der Waals surface area contributed by atoms with E-state index in [2.05, 4.69) is 5.16 Å². The largest absolute Gasteiger partial charge is 0.459 e. The fourth-order valence-electron chi connectivity index (χ4n) is 17.9. The van der Waals surface area contributed by atoms with Crippen LogP contribution in [0.15, 0.2) is 17.3 Å². The molecule has 36 atom stereocenters. The molecule has 646 valence electrons. The zero-order chi connectivity index (χ0) is 83.7. The molecule has 0 aromatic rings. The number of likely N-dealkylation sites (N-methyl/N-ethyl adjacent to an activating group) is 2. The van der Waals surface area contributed by atoms with Crippen LogP contribution in [0, 0.1) is 47.3 Å². The van der Waals surface area contributed by atoms with Crippen molar-refractivity contribution in [2.45, 2.75) is 358 Å². The summed E-state index contributed by atoms with van der Waals surface area (Å²) < 4.78 is 87.7. The molecule has 6 heterocycles. The van der Waals surface area contributed by atoms with E-state index < -0.39 is 234 Å². The number of aliphatic hydroxyl groups excluding tert-OH is 6. The first-order valence-corrected chi connectivity index (χ1v) is 40.1. The third kappa shape index (κ3) is 23.0. The van der Waals surface area contributed by atoms with Crippen LogP contribution in [0.2, 0.25) is 0 Å². The summed E-state index contributed by atoms with van der Waals surface area (Å²) >= 11 is 0. The maximum absolute atomic E-state index is 14.8. The molecule has 6 fully saturated rings. The van der Waals surface area contributed by atoms with Crippen molar-refractivity contribution in [1.29, 1.82) is 0 Å². The Morgan fingerprint density at radius 2 is 0.892 bits per heavy atom. The Morgan fingerprint density at radius 3 is 1.27 bits per heavy atom. The predicted molar refractivity (Wildman–Crippen MR) is 406 cm³/mol. The third-order valence-electron chi connectivity index (χ3n) is 25.2. The number of aliphatic hydroxyl groups is 10. The molecular weight excluding hydrogens is 1450 g/mol. The van der Waals surface area contributed by atoms with Gasteiger partial charge < -0.3 is 122 Å². The summed E-state index contributed by atoms with van der Waals surface area (Å²) in [7, 11) is 8.13. The van der Waals surface area contributed by atoms with E-state index in [-0.39, 0.29) is 64.2 Å². The van der Waals surface area contributed by atoms with Crippen molar-refractivity contribution in [1.82, 2.24) is 9.80 Å². The first kappa shape index (κ1) is 96.7. The number of hydrogen-bond acceptors (Lipinski definition) is 31. The number of nitrogens with zero attached hydrogens (tertiary/aromatic N) is 3. The van der Waals surface area contributed by atoms with Crippen molar-refractivity contribution in [3.8, 4) is 0 Å². The van der Waals surface area contributed by atoms with Gasteiger partial charge >= 0.3 is 11.9 Å². The van der Waals surface area contributed by atoms with E-state index in [0.717, 1.165) is 0 Å². The minimum atomic E-state index is -2.09. The van der Waals surface area contributed by atoms with E-state index >= 15 is 0 Å². The summed E-state index contributed by atoms with van der Waals surface area (Å²) in [4.78, 5) is 53.4. The van der Waals surface area contributed by atoms with Gasteiger partial charge in [0.2, 0.25) is 6.79 Å². The molecule has 0 aromatic carbocycles. The normalized spacial score (nSPS) is 47.3. The van der Waals surface area contributed by atoms with Gasteiger partial charge in [-0.3, -0.25) is 24.2 Å². The molecule has 0 saturated carbocycles. The van der Waals surface area contributed by atoms with Crippen LogP contribution >= 0.6 is 0 Å². The third-order valence-corrected chi connectivity index (χ3v) is 25.2. The van der Waals surface area contributed by atoms with Crippen molar-refractivity contribution in [3.63, 3.8) is 0 Å². The lowest BCUT2D eigenvalue weighted by atomic mass is 9.73. The lowest BCUT2D eigenvalue weighted by Crippen LogP contribution is -2.61. The van der Waals surface area contributed by atoms with Crippen LogP contribution in [-0.2, 0) is 85.5 Å². The Bertz CT molecular complexity index is 2970. The summed E-state index contributed by atoms with van der Waals surface area (Å²) in [5.74, 6) is -10.3. The zero-order valence-corrected chi connectivity index (χ0v) is 70.8. The number of rotatable bonds is 24. The molecule has 0 radical (unpaired) electrons. The van der Waals surface area contributed by atoms with E-state index in [9.17, 15) is 65.4 Å². The summed E-state index contributed by atoms with van der Waals surface area (Å²) in [5.41, 5.74) is -10.1. The number of methoxy groups -OCH3 is 3. The number of hydrogen-bond donors (Lipinski definition) is 10. The molecule has 16 unspecified atom stereocenters. The number of carbonyl (C=O) groups excluding carboxylic acids is 3. The first-order chi connectivity index (χ1) is 51.6. The molecule has 6 rings (SSSR count). The molecule has 0 aromatic heterocycles. The summed E-state index contributed by atoms with van der Waals surface area (Å²) in [6, 6.07) is -1.23. The second-order valence-corrected chi connectivity index (χ2v) is 34.6. The Balaban J connectivity index is 1.29. The van der Waals surface area contributed by atoms with E-state index in [0.29, 0.717) is 25.9 Å². The van der Waals surface area contributed by atoms with Gasteiger partial charge in [-0.25, -0.2) is 0 Å². The van der Waals surface area contributed by atoms with Crippen LogP contribution in [0.1, 0.15) is 190 Å². The molecule has 111 heavy (non-hydrogen) atoms.